The van der Waals surface area contributed by atoms with Crippen molar-refractivity contribution in [2.45, 2.75) is 31.7 Å². The van der Waals surface area contributed by atoms with Gasteiger partial charge in [-0.05, 0) is 37.1 Å². The standard InChI is InChI=1S/C12H13ClF3NO.ClH/c13-9-7-8(10-3-1-2-6-17-10)4-5-11(9)18-12(14,15)16;/h4-5,7,10,17H,1-3,6H2;1H/t10-;/m0./s1. The second-order valence-corrected chi connectivity index (χ2v) is 4.65. The van der Waals surface area contributed by atoms with Gasteiger partial charge in [-0.25, -0.2) is 0 Å². The van der Waals surface area contributed by atoms with Gasteiger partial charge in [-0.2, -0.15) is 0 Å². The van der Waals surface area contributed by atoms with Gasteiger partial charge in [0.05, 0.1) is 5.02 Å². The third-order valence-corrected chi connectivity index (χ3v) is 3.19. The molecule has 0 spiro atoms. The van der Waals surface area contributed by atoms with E-state index >= 15 is 0 Å². The van der Waals surface area contributed by atoms with Crippen molar-refractivity contribution in [3.8, 4) is 5.75 Å². The van der Waals surface area contributed by atoms with Crippen LogP contribution in [-0.4, -0.2) is 12.9 Å². The summed E-state index contributed by atoms with van der Waals surface area (Å²) >= 11 is 5.80. The van der Waals surface area contributed by atoms with E-state index in [0.29, 0.717) is 0 Å². The molecule has 0 unspecified atom stereocenters. The molecule has 1 aliphatic heterocycles. The Morgan fingerprint density at radius 1 is 1.26 bits per heavy atom. The number of hydrogen-bond acceptors (Lipinski definition) is 2. The van der Waals surface area contributed by atoms with Gasteiger partial charge in [-0.15, -0.1) is 25.6 Å². The number of rotatable bonds is 2. The molecule has 1 fully saturated rings. The van der Waals surface area contributed by atoms with Gasteiger partial charge in [0.25, 0.3) is 0 Å². The molecule has 0 saturated carbocycles. The summed E-state index contributed by atoms with van der Waals surface area (Å²) in [6, 6.07) is 4.58. The molecular formula is C12H14Cl2F3NO. The van der Waals surface area contributed by atoms with Gasteiger partial charge in [-0.1, -0.05) is 24.1 Å². The van der Waals surface area contributed by atoms with Gasteiger partial charge in [0, 0.05) is 6.04 Å². The van der Waals surface area contributed by atoms with Crippen molar-refractivity contribution in [3.05, 3.63) is 28.8 Å². The van der Waals surface area contributed by atoms with Crippen LogP contribution in [0.3, 0.4) is 0 Å². The van der Waals surface area contributed by atoms with Crippen LogP contribution in [0.2, 0.25) is 5.02 Å². The molecule has 0 amide bonds. The average Bonchev–Trinajstić information content (AvgIpc) is 2.31. The van der Waals surface area contributed by atoms with Crippen LogP contribution in [0.25, 0.3) is 0 Å². The van der Waals surface area contributed by atoms with Crippen LogP contribution in [0, 0.1) is 0 Å². The molecule has 1 aromatic carbocycles. The molecule has 1 saturated heterocycles. The number of nitrogens with one attached hydrogen (secondary N) is 1. The van der Waals surface area contributed by atoms with Crippen molar-refractivity contribution in [2.75, 3.05) is 6.54 Å². The average molecular weight is 316 g/mol. The number of alkyl halides is 3. The lowest BCUT2D eigenvalue weighted by Gasteiger charge is -2.24. The zero-order valence-corrected chi connectivity index (χ0v) is 11.5. The van der Waals surface area contributed by atoms with E-state index in [-0.39, 0.29) is 29.2 Å². The summed E-state index contributed by atoms with van der Waals surface area (Å²) in [5.74, 6) is -0.358. The summed E-state index contributed by atoms with van der Waals surface area (Å²) in [6.07, 6.45) is -1.51. The van der Waals surface area contributed by atoms with E-state index < -0.39 is 6.36 Å². The summed E-state index contributed by atoms with van der Waals surface area (Å²) < 4.78 is 40.1. The number of piperidine rings is 1. The molecule has 0 radical (unpaired) electrons. The summed E-state index contributed by atoms with van der Waals surface area (Å²) in [4.78, 5) is 0. The van der Waals surface area contributed by atoms with E-state index in [1.165, 1.54) is 12.1 Å². The summed E-state index contributed by atoms with van der Waals surface area (Å²) in [5, 5.41) is 3.29. The van der Waals surface area contributed by atoms with Gasteiger partial charge >= 0.3 is 6.36 Å². The van der Waals surface area contributed by atoms with Gasteiger partial charge in [0.1, 0.15) is 5.75 Å². The Kier molecular flexibility index (Phi) is 5.77. The minimum absolute atomic E-state index is 0. The van der Waals surface area contributed by atoms with Gasteiger partial charge in [0.2, 0.25) is 0 Å². The van der Waals surface area contributed by atoms with Crippen LogP contribution in [0.15, 0.2) is 18.2 Å². The monoisotopic (exact) mass is 315 g/mol. The van der Waals surface area contributed by atoms with Crippen molar-refractivity contribution >= 4 is 24.0 Å². The van der Waals surface area contributed by atoms with E-state index in [9.17, 15) is 13.2 Å². The van der Waals surface area contributed by atoms with Crippen LogP contribution < -0.4 is 10.1 Å². The van der Waals surface area contributed by atoms with E-state index in [4.69, 9.17) is 11.6 Å². The van der Waals surface area contributed by atoms with Gasteiger partial charge in [0.15, 0.2) is 0 Å². The lowest BCUT2D eigenvalue weighted by molar-refractivity contribution is -0.274. The van der Waals surface area contributed by atoms with Crippen LogP contribution in [0.5, 0.6) is 5.75 Å². The van der Waals surface area contributed by atoms with Crippen molar-refractivity contribution in [1.82, 2.24) is 5.32 Å². The summed E-state index contributed by atoms with van der Waals surface area (Å²) in [6.45, 7) is 0.920. The highest BCUT2D eigenvalue weighted by atomic mass is 35.5. The molecule has 2 nitrogen and oxygen atoms in total. The fourth-order valence-corrected chi connectivity index (χ4v) is 2.31. The van der Waals surface area contributed by atoms with Crippen molar-refractivity contribution in [1.29, 1.82) is 0 Å². The van der Waals surface area contributed by atoms with Crippen LogP contribution in [-0.2, 0) is 0 Å². The Morgan fingerprint density at radius 3 is 2.53 bits per heavy atom. The molecule has 7 heteroatoms. The molecule has 1 aromatic rings. The molecule has 1 N–H and O–H groups in total. The number of hydrogen-bond donors (Lipinski definition) is 1. The molecule has 2 rings (SSSR count). The van der Waals surface area contributed by atoms with Crippen molar-refractivity contribution < 1.29 is 17.9 Å². The second-order valence-electron chi connectivity index (χ2n) is 4.24. The smallest absolute Gasteiger partial charge is 0.404 e. The molecule has 0 aliphatic carbocycles. The predicted molar refractivity (Wildman–Crippen MR) is 70.0 cm³/mol. The van der Waals surface area contributed by atoms with Crippen LogP contribution in [0.4, 0.5) is 13.2 Å². The minimum Gasteiger partial charge on any atom is -0.404 e. The Morgan fingerprint density at radius 2 is 2.00 bits per heavy atom. The zero-order valence-electron chi connectivity index (χ0n) is 9.97. The van der Waals surface area contributed by atoms with Gasteiger partial charge < -0.3 is 10.1 Å². The quantitative estimate of drug-likeness (QED) is 0.869. The van der Waals surface area contributed by atoms with E-state index in [2.05, 4.69) is 10.1 Å². The SMILES string of the molecule is Cl.FC(F)(F)Oc1ccc([C@@H]2CCCCN2)cc1Cl. The topological polar surface area (TPSA) is 21.3 Å². The fourth-order valence-electron chi connectivity index (χ4n) is 2.08. The highest BCUT2D eigenvalue weighted by Gasteiger charge is 2.32. The second kappa shape index (κ2) is 6.68. The highest BCUT2D eigenvalue weighted by Crippen LogP contribution is 2.33. The largest absolute Gasteiger partial charge is 0.573 e. The molecule has 0 bridgehead atoms. The molecule has 1 aliphatic rings. The summed E-state index contributed by atoms with van der Waals surface area (Å²) in [5.41, 5.74) is 0.897. The molecule has 1 heterocycles. The number of ether oxygens (including phenoxy) is 1. The lowest BCUT2D eigenvalue weighted by atomic mass is 9.97. The first-order valence-electron chi connectivity index (χ1n) is 5.74. The first kappa shape index (κ1) is 16.4. The molecule has 108 valence electrons. The lowest BCUT2D eigenvalue weighted by Crippen LogP contribution is -2.26. The van der Waals surface area contributed by atoms with Gasteiger partial charge in [-0.3, -0.25) is 0 Å². The maximum Gasteiger partial charge on any atom is 0.573 e. The maximum atomic E-state index is 12.1. The fraction of sp³-hybridized carbons (Fsp3) is 0.500. The van der Waals surface area contributed by atoms with E-state index in [0.717, 1.165) is 31.4 Å². The Bertz CT molecular complexity index is 420. The number of benzene rings is 1. The Labute approximate surface area is 120 Å². The molecule has 0 aromatic heterocycles. The first-order chi connectivity index (χ1) is 8.46. The molecular weight excluding hydrogens is 302 g/mol. The van der Waals surface area contributed by atoms with Crippen molar-refractivity contribution in [3.63, 3.8) is 0 Å². The Hall–Kier alpha value is -0.650. The third kappa shape index (κ3) is 4.75. The van der Waals surface area contributed by atoms with Crippen LogP contribution in [0.1, 0.15) is 30.9 Å². The maximum absolute atomic E-state index is 12.1. The number of halogens is 5. The zero-order chi connectivity index (χ0) is 13.2. The highest BCUT2D eigenvalue weighted by molar-refractivity contribution is 6.32. The van der Waals surface area contributed by atoms with Crippen LogP contribution >= 0.6 is 24.0 Å². The van der Waals surface area contributed by atoms with E-state index in [1.54, 1.807) is 6.07 Å². The van der Waals surface area contributed by atoms with E-state index in [1.807, 2.05) is 0 Å². The minimum atomic E-state index is -4.71. The molecule has 1 atom stereocenters. The first-order valence-corrected chi connectivity index (χ1v) is 6.12. The normalized spacial score (nSPS) is 19.7. The van der Waals surface area contributed by atoms with Crippen molar-refractivity contribution in [2.24, 2.45) is 0 Å². The predicted octanol–water partition coefficient (Wildman–Crippen LogP) is 4.48. The Balaban J connectivity index is 0.00000180. The third-order valence-electron chi connectivity index (χ3n) is 2.89. The molecule has 19 heavy (non-hydrogen) atoms. The summed E-state index contributed by atoms with van der Waals surface area (Å²) in [7, 11) is 0.